The zero-order chi connectivity index (χ0) is 32.3. The molecule has 11 heteroatoms. The van der Waals surface area contributed by atoms with E-state index >= 15 is 0 Å². The monoisotopic (exact) mass is 593 g/mol. The molecule has 236 valence electrons. The first kappa shape index (κ1) is 35.0. The number of hydrogen-bond donors (Lipinski definition) is 0. The first-order valence-corrected chi connectivity index (χ1v) is 14.0. The van der Waals surface area contributed by atoms with Crippen LogP contribution in [0.15, 0.2) is 27.8 Å². The molecule has 0 aromatic carbocycles. The van der Waals surface area contributed by atoms with Gasteiger partial charge in [0.2, 0.25) is 0 Å². The summed E-state index contributed by atoms with van der Waals surface area (Å²) in [6, 6.07) is 3.33. The van der Waals surface area contributed by atoms with Gasteiger partial charge in [0.15, 0.2) is 24.5 Å². The number of rotatable bonds is 7. The van der Waals surface area contributed by atoms with E-state index < -0.39 is 76.2 Å². The van der Waals surface area contributed by atoms with E-state index in [9.17, 15) is 19.2 Å². The third kappa shape index (κ3) is 9.68. The maximum Gasteiger partial charge on any atom is 0.311 e. The van der Waals surface area contributed by atoms with Crippen molar-refractivity contribution in [2.75, 3.05) is 6.61 Å². The van der Waals surface area contributed by atoms with Crippen molar-refractivity contribution >= 4 is 30.1 Å². The Morgan fingerprint density at radius 3 is 1.60 bits per heavy atom. The molecule has 1 aromatic rings. The van der Waals surface area contributed by atoms with Gasteiger partial charge < -0.3 is 28.1 Å². The second-order valence-corrected chi connectivity index (χ2v) is 14.6. The van der Waals surface area contributed by atoms with Gasteiger partial charge in [-0.3, -0.25) is 24.2 Å². The molecular formula is C31H47NO10. The highest BCUT2D eigenvalue weighted by molar-refractivity contribution is 5.78. The zero-order valence-corrected chi connectivity index (χ0v) is 26.9. The van der Waals surface area contributed by atoms with Crippen LogP contribution in [0.4, 0.5) is 0 Å². The number of hydrogen-bond acceptors (Lipinski definition) is 11. The smallest absolute Gasteiger partial charge is 0.311 e. The molecule has 0 radical (unpaired) electrons. The zero-order valence-electron chi connectivity index (χ0n) is 26.9. The molecule has 2 heterocycles. The van der Waals surface area contributed by atoms with Crippen LogP contribution in [0, 0.1) is 21.7 Å². The second kappa shape index (κ2) is 13.0. The second-order valence-electron chi connectivity index (χ2n) is 14.6. The lowest BCUT2D eigenvalue weighted by atomic mass is 9.92. The van der Waals surface area contributed by atoms with E-state index in [1.807, 2.05) is 0 Å². The highest BCUT2D eigenvalue weighted by atomic mass is 16.7. The Labute approximate surface area is 248 Å². The minimum absolute atomic E-state index is 0.353. The maximum absolute atomic E-state index is 13.3. The maximum atomic E-state index is 13.3. The third-order valence-electron chi connectivity index (χ3n) is 6.06. The van der Waals surface area contributed by atoms with Crippen LogP contribution < -0.4 is 0 Å². The van der Waals surface area contributed by atoms with Crippen LogP contribution in [-0.4, -0.2) is 67.3 Å². The van der Waals surface area contributed by atoms with Gasteiger partial charge >= 0.3 is 23.9 Å². The average molecular weight is 594 g/mol. The van der Waals surface area contributed by atoms with Crippen molar-refractivity contribution < 1.29 is 47.3 Å². The topological polar surface area (TPSA) is 140 Å². The van der Waals surface area contributed by atoms with Gasteiger partial charge in [0.05, 0.1) is 34.1 Å². The molecule has 2 unspecified atom stereocenters. The van der Waals surface area contributed by atoms with Gasteiger partial charge in [0.1, 0.15) is 18.5 Å². The highest BCUT2D eigenvalue weighted by Crippen LogP contribution is 2.34. The van der Waals surface area contributed by atoms with Crippen LogP contribution in [-0.2, 0) is 42.9 Å². The number of ether oxygens (including phenoxy) is 5. The first-order valence-electron chi connectivity index (χ1n) is 14.0. The number of carbonyl (C=O) groups is 4. The number of aliphatic imine (C=N–C) groups is 1. The Bertz CT molecular complexity index is 1130. The molecule has 1 saturated heterocycles. The van der Waals surface area contributed by atoms with Gasteiger partial charge in [-0.25, -0.2) is 0 Å². The van der Waals surface area contributed by atoms with Crippen LogP contribution in [0.3, 0.4) is 0 Å². The predicted octanol–water partition coefficient (Wildman–Crippen LogP) is 4.89. The van der Waals surface area contributed by atoms with E-state index in [1.165, 1.54) is 12.5 Å². The van der Waals surface area contributed by atoms with Crippen molar-refractivity contribution in [1.29, 1.82) is 0 Å². The van der Waals surface area contributed by atoms with Crippen molar-refractivity contribution in [2.45, 2.75) is 114 Å². The molecule has 1 fully saturated rings. The van der Waals surface area contributed by atoms with Gasteiger partial charge in [-0.1, -0.05) is 0 Å². The van der Waals surface area contributed by atoms with E-state index in [1.54, 1.807) is 95.2 Å². The Balaban J connectivity index is 2.68. The molecule has 0 amide bonds. The van der Waals surface area contributed by atoms with E-state index in [4.69, 9.17) is 28.1 Å². The summed E-state index contributed by atoms with van der Waals surface area (Å²) >= 11 is 0. The molecular weight excluding hydrogens is 546 g/mol. The highest BCUT2D eigenvalue weighted by Gasteiger charge is 2.54. The van der Waals surface area contributed by atoms with Crippen molar-refractivity contribution in [3.8, 4) is 0 Å². The molecule has 42 heavy (non-hydrogen) atoms. The van der Waals surface area contributed by atoms with Gasteiger partial charge in [0.25, 0.3) is 0 Å². The van der Waals surface area contributed by atoms with E-state index in [2.05, 4.69) is 4.99 Å². The molecule has 0 spiro atoms. The fraction of sp³-hybridized carbons (Fsp3) is 0.710. The van der Waals surface area contributed by atoms with Gasteiger partial charge in [-0.05, 0) is 95.2 Å². The van der Waals surface area contributed by atoms with Crippen molar-refractivity contribution in [3.05, 3.63) is 24.2 Å². The molecule has 5 atom stereocenters. The van der Waals surface area contributed by atoms with E-state index in [0.29, 0.717) is 5.76 Å². The summed E-state index contributed by atoms with van der Waals surface area (Å²) < 4.78 is 34.9. The molecule has 1 aliphatic heterocycles. The van der Waals surface area contributed by atoms with Crippen molar-refractivity contribution in [1.82, 2.24) is 0 Å². The largest absolute Gasteiger partial charge is 0.463 e. The summed E-state index contributed by atoms with van der Waals surface area (Å²) in [6.07, 6.45) is -3.55. The van der Waals surface area contributed by atoms with Gasteiger partial charge in [-0.15, -0.1) is 0 Å². The normalized spacial score (nSPS) is 23.8. The molecule has 2 rings (SSSR count). The minimum Gasteiger partial charge on any atom is -0.463 e. The average Bonchev–Trinajstić information content (AvgIpc) is 3.35. The number of carbonyl (C=O) groups excluding carboxylic acids is 4. The Kier molecular flexibility index (Phi) is 10.8. The number of esters is 4. The number of furan rings is 1. The molecule has 0 aliphatic carbocycles. The summed E-state index contributed by atoms with van der Waals surface area (Å²) in [5.41, 5.74) is -3.68. The Morgan fingerprint density at radius 2 is 1.17 bits per heavy atom. The Morgan fingerprint density at radius 1 is 0.714 bits per heavy atom. The summed E-state index contributed by atoms with van der Waals surface area (Å²) in [7, 11) is 0. The lowest BCUT2D eigenvalue weighted by Gasteiger charge is -2.45. The van der Waals surface area contributed by atoms with Crippen LogP contribution in [0.1, 0.15) is 88.8 Å². The molecule has 0 N–H and O–H groups in total. The first-order chi connectivity index (χ1) is 19.0. The van der Waals surface area contributed by atoms with E-state index in [0.717, 1.165) is 0 Å². The number of nitrogens with zero attached hydrogens (tertiary/aromatic N) is 1. The SMILES string of the molecule is CC(C)(C)C(=O)OCC1O[C@@H](N=Cc2ccco2)C(OC(=O)C(C)(C)C)[C@H](OC(=O)C(C)(C)C)[C@@H]1OC(=O)C(C)(C)C. The fourth-order valence-corrected chi connectivity index (χ4v) is 3.34. The summed E-state index contributed by atoms with van der Waals surface area (Å²) in [4.78, 5) is 56.8. The van der Waals surface area contributed by atoms with E-state index in [-0.39, 0.29) is 6.61 Å². The van der Waals surface area contributed by atoms with Crippen molar-refractivity contribution in [2.24, 2.45) is 26.7 Å². The molecule has 0 bridgehead atoms. The van der Waals surface area contributed by atoms with Gasteiger partial charge in [0, 0.05) is 0 Å². The van der Waals surface area contributed by atoms with Gasteiger partial charge in [-0.2, -0.15) is 0 Å². The van der Waals surface area contributed by atoms with Crippen LogP contribution in [0.25, 0.3) is 0 Å². The molecule has 1 aromatic heterocycles. The molecule has 1 aliphatic rings. The van der Waals surface area contributed by atoms with Crippen LogP contribution in [0.2, 0.25) is 0 Å². The minimum atomic E-state index is -1.36. The standard InChI is InChI=1S/C31H47NO10/c1-28(2,3)24(33)38-17-19-20(40-25(34)29(4,5)6)21(41-26(35)30(7,8)9)22(42-27(36)31(10,11)12)23(39-19)32-16-18-14-13-15-37-18/h13-16,19-23H,17H2,1-12H3/t19?,20-,21-,22?,23-/m1/s1. The fourth-order valence-electron chi connectivity index (χ4n) is 3.34. The third-order valence-corrected chi connectivity index (χ3v) is 6.06. The van der Waals surface area contributed by atoms with Crippen molar-refractivity contribution in [3.63, 3.8) is 0 Å². The summed E-state index contributed by atoms with van der Waals surface area (Å²) in [5, 5.41) is 0. The van der Waals surface area contributed by atoms with Crippen LogP contribution >= 0.6 is 0 Å². The predicted molar refractivity (Wildman–Crippen MR) is 153 cm³/mol. The lowest BCUT2D eigenvalue weighted by Crippen LogP contribution is -2.63. The quantitative estimate of drug-likeness (QED) is 0.244. The Hall–Kier alpha value is -3.21. The van der Waals surface area contributed by atoms with Crippen LogP contribution in [0.5, 0.6) is 0 Å². The molecule has 0 saturated carbocycles. The summed E-state index contributed by atoms with van der Waals surface area (Å²) in [6.45, 7) is 19.7. The summed E-state index contributed by atoms with van der Waals surface area (Å²) in [5.74, 6) is -2.02. The lowest BCUT2D eigenvalue weighted by molar-refractivity contribution is -0.258. The molecule has 11 nitrogen and oxygen atoms in total.